The van der Waals surface area contributed by atoms with Crippen LogP contribution in [0.1, 0.15) is 0 Å². The van der Waals surface area contributed by atoms with E-state index in [1.165, 1.54) is 18.9 Å². The predicted molar refractivity (Wildman–Crippen MR) is 59.3 cm³/mol. The molecule has 0 fully saturated rings. The summed E-state index contributed by atoms with van der Waals surface area (Å²) in [5.41, 5.74) is 5.70. The molecule has 3 N–H and O–H groups in total. The molecule has 1 heterocycles. The van der Waals surface area contributed by atoms with E-state index in [0.29, 0.717) is 0 Å². The van der Waals surface area contributed by atoms with Crippen molar-refractivity contribution in [3.63, 3.8) is 0 Å². The minimum absolute atomic E-state index is 0. The Balaban J connectivity index is 0.00000169. The summed E-state index contributed by atoms with van der Waals surface area (Å²) < 4.78 is 0. The van der Waals surface area contributed by atoms with E-state index < -0.39 is 10.2 Å². The van der Waals surface area contributed by atoms with Gasteiger partial charge in [0.15, 0.2) is 10.7 Å². The molecule has 0 spiro atoms. The average Bonchev–Trinajstić information content (AvgIpc) is 2.48. The number of oxime groups is 1. The summed E-state index contributed by atoms with van der Waals surface area (Å²) in [6, 6.07) is 0. The second kappa shape index (κ2) is 5.45. The Bertz CT molecular complexity index is 274. The third-order valence-electron chi connectivity index (χ3n) is 1.34. The number of hydrogen-bond acceptors (Lipinski definition) is 6. The standard InChI is InChI=1S/C6H8ClN3O2S.ClH/c1-12-10-4(5(7)11)6(8)9-2-3-13-6;/h2-3,9H,8H2,1H3;1H. The number of nitrogens with two attached hydrogens (primary N) is 1. The van der Waals surface area contributed by atoms with Gasteiger partial charge in [0.1, 0.15) is 7.11 Å². The quantitative estimate of drug-likeness (QED) is 0.440. The summed E-state index contributed by atoms with van der Waals surface area (Å²) in [5, 5.41) is 7.16. The third-order valence-corrected chi connectivity index (χ3v) is 2.47. The minimum atomic E-state index is -1.12. The van der Waals surface area contributed by atoms with Gasteiger partial charge in [-0.15, -0.1) is 12.4 Å². The van der Waals surface area contributed by atoms with E-state index in [0.717, 1.165) is 0 Å². The molecule has 8 heteroatoms. The highest BCUT2D eigenvalue weighted by molar-refractivity contribution is 8.04. The Morgan fingerprint density at radius 1 is 1.79 bits per heavy atom. The first-order valence-electron chi connectivity index (χ1n) is 3.31. The van der Waals surface area contributed by atoms with Crippen LogP contribution in [0.15, 0.2) is 16.8 Å². The molecule has 0 saturated heterocycles. The van der Waals surface area contributed by atoms with Crippen molar-refractivity contribution >= 4 is 46.7 Å². The number of carbonyl (C=O) groups excluding carboxylic acids is 1. The average molecular weight is 258 g/mol. The summed E-state index contributed by atoms with van der Waals surface area (Å²) in [5.74, 6) is 0. The third kappa shape index (κ3) is 2.78. The van der Waals surface area contributed by atoms with Gasteiger partial charge in [-0.3, -0.25) is 10.5 Å². The van der Waals surface area contributed by atoms with Crippen LogP contribution in [0, 0.1) is 0 Å². The summed E-state index contributed by atoms with van der Waals surface area (Å²) in [7, 11) is 1.32. The van der Waals surface area contributed by atoms with Gasteiger partial charge in [0.2, 0.25) is 0 Å². The maximum absolute atomic E-state index is 10.9. The molecule has 1 rings (SSSR count). The smallest absolute Gasteiger partial charge is 0.274 e. The van der Waals surface area contributed by atoms with Gasteiger partial charge in [0.25, 0.3) is 5.24 Å². The van der Waals surface area contributed by atoms with E-state index in [9.17, 15) is 4.79 Å². The molecule has 14 heavy (non-hydrogen) atoms. The summed E-state index contributed by atoms with van der Waals surface area (Å²) in [6.45, 7) is 0. The highest BCUT2D eigenvalue weighted by atomic mass is 35.5. The molecule has 0 amide bonds. The molecule has 0 aliphatic carbocycles. The highest BCUT2D eigenvalue weighted by Gasteiger charge is 2.37. The minimum Gasteiger partial charge on any atom is -0.399 e. The lowest BCUT2D eigenvalue weighted by atomic mass is 10.3. The van der Waals surface area contributed by atoms with Crippen LogP contribution in [0.2, 0.25) is 0 Å². The molecule has 0 aromatic heterocycles. The fourth-order valence-corrected chi connectivity index (χ4v) is 1.77. The first-order valence-corrected chi connectivity index (χ1v) is 4.57. The van der Waals surface area contributed by atoms with Crippen molar-refractivity contribution < 1.29 is 9.63 Å². The van der Waals surface area contributed by atoms with Crippen molar-refractivity contribution in [3.05, 3.63) is 11.6 Å². The van der Waals surface area contributed by atoms with Crippen LogP contribution in [0.3, 0.4) is 0 Å². The van der Waals surface area contributed by atoms with Crippen LogP contribution in [0.4, 0.5) is 0 Å². The Morgan fingerprint density at radius 2 is 2.43 bits per heavy atom. The monoisotopic (exact) mass is 257 g/mol. The molecule has 1 aliphatic rings. The Hall–Kier alpha value is -0.430. The summed E-state index contributed by atoms with van der Waals surface area (Å²) >= 11 is 6.47. The molecule has 0 aromatic rings. The van der Waals surface area contributed by atoms with Gasteiger partial charge in [0, 0.05) is 6.20 Å². The largest absolute Gasteiger partial charge is 0.399 e. The first kappa shape index (κ1) is 13.6. The fourth-order valence-electron chi connectivity index (χ4n) is 0.798. The summed E-state index contributed by atoms with van der Waals surface area (Å²) in [4.78, 5) is 14.3. The first-order chi connectivity index (χ1) is 6.10. The molecule has 0 radical (unpaired) electrons. The van der Waals surface area contributed by atoms with Crippen LogP contribution in [0.5, 0.6) is 0 Å². The van der Waals surface area contributed by atoms with Gasteiger partial charge < -0.3 is 10.2 Å². The lowest BCUT2D eigenvalue weighted by molar-refractivity contribution is -0.106. The second-order valence-corrected chi connectivity index (χ2v) is 3.69. The molecular formula is C6H9Cl2N3O2S. The van der Waals surface area contributed by atoms with Gasteiger partial charge in [-0.2, -0.15) is 0 Å². The van der Waals surface area contributed by atoms with E-state index in [-0.39, 0.29) is 18.1 Å². The lowest BCUT2D eigenvalue weighted by Crippen LogP contribution is -2.54. The van der Waals surface area contributed by atoms with E-state index in [4.69, 9.17) is 17.3 Å². The van der Waals surface area contributed by atoms with Crippen molar-refractivity contribution in [2.45, 2.75) is 4.99 Å². The van der Waals surface area contributed by atoms with Crippen molar-refractivity contribution in [3.8, 4) is 0 Å². The molecule has 0 bridgehead atoms. The predicted octanol–water partition coefficient (Wildman–Crippen LogP) is 0.596. The lowest BCUT2D eigenvalue weighted by Gasteiger charge is -2.22. The zero-order chi connectivity index (χ0) is 9.90. The molecular weight excluding hydrogens is 249 g/mol. The van der Waals surface area contributed by atoms with Crippen molar-refractivity contribution in [2.24, 2.45) is 10.9 Å². The Morgan fingerprint density at radius 3 is 2.79 bits per heavy atom. The number of hydrogen-bond donors (Lipinski definition) is 2. The molecule has 5 nitrogen and oxygen atoms in total. The maximum Gasteiger partial charge on any atom is 0.274 e. The number of thioether (sulfide) groups is 1. The highest BCUT2D eigenvalue weighted by Crippen LogP contribution is 2.25. The van der Waals surface area contributed by atoms with Crippen molar-refractivity contribution in [1.82, 2.24) is 5.32 Å². The van der Waals surface area contributed by atoms with Gasteiger partial charge in [-0.05, 0) is 17.0 Å². The van der Waals surface area contributed by atoms with Crippen molar-refractivity contribution in [2.75, 3.05) is 7.11 Å². The Labute approximate surface area is 96.5 Å². The second-order valence-electron chi connectivity index (χ2n) is 2.20. The van der Waals surface area contributed by atoms with Gasteiger partial charge >= 0.3 is 0 Å². The molecule has 1 atom stereocenters. The van der Waals surface area contributed by atoms with Crippen LogP contribution >= 0.6 is 35.8 Å². The topological polar surface area (TPSA) is 76.7 Å². The number of nitrogens with zero attached hydrogens (tertiary/aromatic N) is 1. The normalized spacial score (nSPS) is 25.2. The van der Waals surface area contributed by atoms with Crippen molar-refractivity contribution in [1.29, 1.82) is 0 Å². The number of rotatable bonds is 3. The molecule has 1 unspecified atom stereocenters. The number of nitrogens with one attached hydrogen (secondary N) is 1. The van der Waals surface area contributed by atoms with Crippen LogP contribution in [0.25, 0.3) is 0 Å². The van der Waals surface area contributed by atoms with Crippen LogP contribution in [-0.4, -0.2) is 23.1 Å². The maximum atomic E-state index is 10.9. The van der Waals surface area contributed by atoms with E-state index in [1.54, 1.807) is 11.6 Å². The van der Waals surface area contributed by atoms with Gasteiger partial charge in [-0.1, -0.05) is 16.9 Å². The Kier molecular flexibility index (Phi) is 5.28. The number of carbonyl (C=O) groups is 1. The SMILES string of the molecule is CON=C(C(=O)Cl)C1(N)NC=CS1.Cl. The van der Waals surface area contributed by atoms with Crippen LogP contribution < -0.4 is 11.1 Å². The molecule has 1 aliphatic heterocycles. The number of halogens is 2. The molecule has 80 valence electrons. The van der Waals surface area contributed by atoms with E-state index in [2.05, 4.69) is 15.3 Å². The van der Waals surface area contributed by atoms with Gasteiger partial charge in [0.05, 0.1) is 0 Å². The fraction of sp³-hybridized carbons (Fsp3) is 0.333. The zero-order valence-corrected chi connectivity index (χ0v) is 9.58. The summed E-state index contributed by atoms with van der Waals surface area (Å²) in [6.07, 6.45) is 1.61. The zero-order valence-electron chi connectivity index (χ0n) is 7.19. The van der Waals surface area contributed by atoms with E-state index >= 15 is 0 Å². The molecule has 0 saturated carbocycles. The van der Waals surface area contributed by atoms with Gasteiger partial charge in [-0.25, -0.2) is 0 Å². The molecule has 0 aromatic carbocycles. The van der Waals surface area contributed by atoms with Crippen LogP contribution in [-0.2, 0) is 9.63 Å². The van der Waals surface area contributed by atoms with E-state index in [1.807, 2.05) is 0 Å².